The lowest BCUT2D eigenvalue weighted by atomic mass is 10.2. The number of hydrogen-bond acceptors (Lipinski definition) is 4. The number of rotatable bonds is 3. The van der Waals surface area contributed by atoms with Gasteiger partial charge in [-0.1, -0.05) is 22.0 Å². The van der Waals surface area contributed by atoms with Gasteiger partial charge in [0, 0.05) is 41.4 Å². The van der Waals surface area contributed by atoms with Gasteiger partial charge in [0.1, 0.15) is 0 Å². The number of amides is 1. The van der Waals surface area contributed by atoms with Crippen LogP contribution in [-0.4, -0.2) is 37.2 Å². The van der Waals surface area contributed by atoms with Crippen LogP contribution in [0.1, 0.15) is 12.0 Å². The first-order valence-corrected chi connectivity index (χ1v) is 6.99. The fourth-order valence-corrected chi connectivity index (χ4v) is 2.79. The summed E-state index contributed by atoms with van der Waals surface area (Å²) in [6.07, 6.45) is 0.562. The highest BCUT2D eigenvalue weighted by molar-refractivity contribution is 9.10. The Bertz CT molecular complexity index is 447. The molecule has 0 saturated carbocycles. The topological polar surface area (TPSA) is 67.6 Å². The molecule has 5 nitrogen and oxygen atoms in total. The quantitative estimate of drug-likeness (QED) is 0.833. The first-order chi connectivity index (χ1) is 9.10. The van der Waals surface area contributed by atoms with Crippen LogP contribution in [0.4, 0.5) is 10.5 Å². The molecule has 2 rings (SSSR count). The normalized spacial score (nSPS) is 19.4. The van der Waals surface area contributed by atoms with E-state index in [1.807, 2.05) is 18.2 Å². The Balaban J connectivity index is 1.93. The Kier molecular flexibility index (Phi) is 4.66. The minimum absolute atomic E-state index is 0.149. The molecule has 0 spiro atoms. The summed E-state index contributed by atoms with van der Waals surface area (Å²) in [5.74, 6) is 0. The van der Waals surface area contributed by atoms with Gasteiger partial charge in [-0.05, 0) is 18.6 Å². The zero-order valence-corrected chi connectivity index (χ0v) is 12.4. The summed E-state index contributed by atoms with van der Waals surface area (Å²) in [6, 6.07) is 5.97. The highest BCUT2D eigenvalue weighted by Gasteiger charge is 2.24. The van der Waals surface area contributed by atoms with E-state index in [-0.39, 0.29) is 12.1 Å². The maximum Gasteiger partial charge on any atom is 0.407 e. The number of nitrogen functional groups attached to an aromatic ring is 1. The van der Waals surface area contributed by atoms with Crippen molar-refractivity contribution in [3.05, 3.63) is 28.2 Å². The number of ether oxygens (including phenoxy) is 1. The smallest absolute Gasteiger partial charge is 0.407 e. The molecule has 104 valence electrons. The Morgan fingerprint density at radius 2 is 2.42 bits per heavy atom. The molecular weight excluding hydrogens is 310 g/mol. The summed E-state index contributed by atoms with van der Waals surface area (Å²) in [5.41, 5.74) is 7.88. The number of benzene rings is 1. The molecule has 0 bridgehead atoms. The van der Waals surface area contributed by atoms with Crippen molar-refractivity contribution < 1.29 is 9.53 Å². The summed E-state index contributed by atoms with van der Waals surface area (Å²) < 4.78 is 5.63. The van der Waals surface area contributed by atoms with Crippen molar-refractivity contribution in [2.24, 2.45) is 0 Å². The first-order valence-electron chi connectivity index (χ1n) is 6.20. The predicted octanol–water partition coefficient (Wildman–Crippen LogP) is 1.96. The first kappa shape index (κ1) is 14.1. The van der Waals surface area contributed by atoms with Crippen molar-refractivity contribution in [3.8, 4) is 0 Å². The number of carbonyl (C=O) groups is 1. The van der Waals surface area contributed by atoms with E-state index in [1.54, 1.807) is 0 Å². The molecule has 1 aromatic carbocycles. The van der Waals surface area contributed by atoms with Crippen LogP contribution in [0.25, 0.3) is 0 Å². The van der Waals surface area contributed by atoms with Gasteiger partial charge in [-0.3, -0.25) is 4.90 Å². The molecule has 19 heavy (non-hydrogen) atoms. The SMILES string of the molecule is COC(=O)NC1CCN(Cc2c(N)cccc2Br)C1. The minimum Gasteiger partial charge on any atom is -0.453 e. The Hall–Kier alpha value is -1.27. The molecular formula is C13H18BrN3O2. The number of nitrogens with zero attached hydrogens (tertiary/aromatic N) is 1. The number of likely N-dealkylation sites (tertiary alicyclic amines) is 1. The lowest BCUT2D eigenvalue weighted by molar-refractivity contribution is 0.166. The van der Waals surface area contributed by atoms with Gasteiger partial charge in [-0.2, -0.15) is 0 Å². The molecule has 0 aromatic heterocycles. The van der Waals surface area contributed by atoms with Crippen LogP contribution in [0, 0.1) is 0 Å². The number of nitrogens with one attached hydrogen (secondary N) is 1. The number of alkyl carbamates (subject to hydrolysis) is 1. The van der Waals surface area contributed by atoms with Gasteiger partial charge in [-0.15, -0.1) is 0 Å². The molecule has 3 N–H and O–H groups in total. The molecule has 1 heterocycles. The van der Waals surface area contributed by atoms with E-state index in [2.05, 4.69) is 30.9 Å². The van der Waals surface area contributed by atoms with Gasteiger partial charge in [0.2, 0.25) is 0 Å². The zero-order chi connectivity index (χ0) is 13.8. The fourth-order valence-electron chi connectivity index (χ4n) is 2.29. The maximum absolute atomic E-state index is 11.2. The molecule has 1 aliphatic rings. The van der Waals surface area contributed by atoms with Crippen LogP contribution < -0.4 is 11.1 Å². The largest absolute Gasteiger partial charge is 0.453 e. The summed E-state index contributed by atoms with van der Waals surface area (Å²) in [5, 5.41) is 2.83. The van der Waals surface area contributed by atoms with Crippen LogP contribution in [-0.2, 0) is 11.3 Å². The number of nitrogens with two attached hydrogens (primary N) is 1. The Morgan fingerprint density at radius 3 is 3.11 bits per heavy atom. The third kappa shape index (κ3) is 3.61. The summed E-state index contributed by atoms with van der Waals surface area (Å²) in [4.78, 5) is 13.4. The summed E-state index contributed by atoms with van der Waals surface area (Å²) in [7, 11) is 1.38. The molecule has 1 fully saturated rings. The molecule has 1 unspecified atom stereocenters. The third-order valence-electron chi connectivity index (χ3n) is 3.32. The number of methoxy groups -OCH3 is 1. The Labute approximate surface area is 121 Å². The second-order valence-corrected chi connectivity index (χ2v) is 5.52. The molecule has 1 amide bonds. The van der Waals surface area contributed by atoms with Crippen molar-refractivity contribution in [2.75, 3.05) is 25.9 Å². The molecule has 6 heteroatoms. The number of hydrogen-bond donors (Lipinski definition) is 2. The highest BCUT2D eigenvalue weighted by Crippen LogP contribution is 2.25. The van der Waals surface area contributed by atoms with Crippen LogP contribution in [0.2, 0.25) is 0 Å². The molecule has 1 aliphatic heterocycles. The van der Waals surface area contributed by atoms with E-state index < -0.39 is 0 Å². The number of anilines is 1. The van der Waals surface area contributed by atoms with Crippen LogP contribution in [0.3, 0.4) is 0 Å². The Morgan fingerprint density at radius 1 is 1.63 bits per heavy atom. The highest BCUT2D eigenvalue weighted by atomic mass is 79.9. The van der Waals surface area contributed by atoms with Crippen molar-refractivity contribution in [3.63, 3.8) is 0 Å². The fraction of sp³-hybridized carbons (Fsp3) is 0.462. The van der Waals surface area contributed by atoms with Crippen LogP contribution in [0.15, 0.2) is 22.7 Å². The lowest BCUT2D eigenvalue weighted by Gasteiger charge is -2.18. The van der Waals surface area contributed by atoms with Crippen molar-refractivity contribution >= 4 is 27.7 Å². The molecule has 0 aliphatic carbocycles. The van der Waals surface area contributed by atoms with E-state index in [1.165, 1.54) is 7.11 Å². The second kappa shape index (κ2) is 6.25. The van der Waals surface area contributed by atoms with Crippen molar-refractivity contribution in [2.45, 2.75) is 19.0 Å². The van der Waals surface area contributed by atoms with E-state index in [9.17, 15) is 4.79 Å². The van der Waals surface area contributed by atoms with Gasteiger partial charge in [0.15, 0.2) is 0 Å². The van der Waals surface area contributed by atoms with Crippen molar-refractivity contribution in [1.82, 2.24) is 10.2 Å². The van der Waals surface area contributed by atoms with E-state index in [0.717, 1.165) is 41.8 Å². The number of halogens is 1. The van der Waals surface area contributed by atoms with E-state index >= 15 is 0 Å². The van der Waals surface area contributed by atoms with Crippen LogP contribution in [0.5, 0.6) is 0 Å². The van der Waals surface area contributed by atoms with E-state index in [4.69, 9.17) is 5.73 Å². The summed E-state index contributed by atoms with van der Waals surface area (Å²) in [6.45, 7) is 2.54. The van der Waals surface area contributed by atoms with Gasteiger partial charge < -0.3 is 15.8 Å². The minimum atomic E-state index is -0.368. The molecule has 1 aromatic rings. The van der Waals surface area contributed by atoms with Gasteiger partial charge >= 0.3 is 6.09 Å². The lowest BCUT2D eigenvalue weighted by Crippen LogP contribution is -2.36. The zero-order valence-electron chi connectivity index (χ0n) is 10.9. The predicted molar refractivity (Wildman–Crippen MR) is 77.8 cm³/mol. The maximum atomic E-state index is 11.2. The van der Waals surface area contributed by atoms with Gasteiger partial charge in [0.25, 0.3) is 0 Å². The van der Waals surface area contributed by atoms with Crippen molar-refractivity contribution in [1.29, 1.82) is 0 Å². The van der Waals surface area contributed by atoms with E-state index in [0.29, 0.717) is 0 Å². The summed E-state index contributed by atoms with van der Waals surface area (Å²) >= 11 is 3.52. The third-order valence-corrected chi connectivity index (χ3v) is 4.06. The molecule has 1 atom stereocenters. The standard InChI is InChI=1S/C13H18BrN3O2/c1-19-13(18)16-9-5-6-17(7-9)8-10-11(14)3-2-4-12(10)15/h2-4,9H,5-8,15H2,1H3,(H,16,18). The number of carbonyl (C=O) groups excluding carboxylic acids is 1. The van der Waals surface area contributed by atoms with Gasteiger partial charge in [-0.25, -0.2) is 4.79 Å². The monoisotopic (exact) mass is 327 g/mol. The molecule has 0 radical (unpaired) electrons. The average Bonchev–Trinajstić information content (AvgIpc) is 2.81. The van der Waals surface area contributed by atoms with Gasteiger partial charge in [0.05, 0.1) is 7.11 Å². The molecule has 1 saturated heterocycles. The van der Waals surface area contributed by atoms with Crippen LogP contribution >= 0.6 is 15.9 Å². The average molecular weight is 328 g/mol. The second-order valence-electron chi connectivity index (χ2n) is 4.66.